The first-order valence-corrected chi connectivity index (χ1v) is 9.78. The molecule has 3 rings (SSSR count). The molecule has 1 unspecified atom stereocenters. The molecule has 8 heteroatoms. The summed E-state index contributed by atoms with van der Waals surface area (Å²) in [4.78, 5) is 25.9. The van der Waals surface area contributed by atoms with E-state index in [-0.39, 0.29) is 25.4 Å². The first-order valence-electron chi connectivity index (χ1n) is 8.64. The second kappa shape index (κ2) is 8.29. The Kier molecular flexibility index (Phi) is 6.20. The lowest BCUT2D eigenvalue weighted by Gasteiger charge is -2.22. The Morgan fingerprint density at radius 2 is 1.93 bits per heavy atom. The third-order valence-corrected chi connectivity index (χ3v) is 5.32. The predicted octanol–water partition coefficient (Wildman–Crippen LogP) is 4.63. The third-order valence-electron chi connectivity index (χ3n) is 4.48. The van der Waals surface area contributed by atoms with Gasteiger partial charge in [-0.3, -0.25) is 9.59 Å². The Labute approximate surface area is 177 Å². The van der Waals surface area contributed by atoms with Crippen molar-refractivity contribution in [3.8, 4) is 5.75 Å². The maximum absolute atomic E-state index is 12.9. The molecule has 0 aliphatic carbocycles. The van der Waals surface area contributed by atoms with E-state index in [0.29, 0.717) is 38.5 Å². The van der Waals surface area contributed by atoms with Crippen LogP contribution < -0.4 is 9.64 Å². The van der Waals surface area contributed by atoms with Gasteiger partial charge in [0.2, 0.25) is 0 Å². The molecule has 1 amide bonds. The molecule has 0 aromatic heterocycles. The normalized spacial score (nSPS) is 18.3. The van der Waals surface area contributed by atoms with Crippen LogP contribution in [-0.2, 0) is 15.2 Å². The van der Waals surface area contributed by atoms with Crippen molar-refractivity contribution in [2.75, 3.05) is 18.1 Å². The number of benzene rings is 2. The molecule has 0 radical (unpaired) electrons. The SMILES string of the molecule is CC(=O)CC1(O)C(=O)N(CCCOc2ccc(Cl)cc2Cl)c2c(Cl)cccc21. The fourth-order valence-electron chi connectivity index (χ4n) is 3.30. The Morgan fingerprint density at radius 3 is 2.61 bits per heavy atom. The molecule has 1 aliphatic heterocycles. The number of anilines is 1. The number of halogens is 3. The number of para-hydroxylation sites is 1. The molecule has 148 valence electrons. The Balaban J connectivity index is 1.73. The second-order valence-electron chi connectivity index (χ2n) is 6.61. The fraction of sp³-hybridized carbons (Fsp3) is 0.300. The lowest BCUT2D eigenvalue weighted by Crippen LogP contribution is -2.42. The largest absolute Gasteiger partial charge is 0.492 e. The highest BCUT2D eigenvalue weighted by atomic mass is 35.5. The van der Waals surface area contributed by atoms with Gasteiger partial charge in [-0.05, 0) is 37.6 Å². The summed E-state index contributed by atoms with van der Waals surface area (Å²) in [6.45, 7) is 1.89. The van der Waals surface area contributed by atoms with Crippen molar-refractivity contribution in [1.29, 1.82) is 0 Å². The molecule has 0 saturated carbocycles. The molecule has 0 saturated heterocycles. The molecule has 0 fully saturated rings. The van der Waals surface area contributed by atoms with E-state index in [9.17, 15) is 14.7 Å². The number of hydrogen-bond acceptors (Lipinski definition) is 4. The summed E-state index contributed by atoms with van der Waals surface area (Å²) in [7, 11) is 0. The molecule has 2 aromatic carbocycles. The van der Waals surface area contributed by atoms with E-state index >= 15 is 0 Å². The number of carbonyl (C=O) groups excluding carboxylic acids is 2. The van der Waals surface area contributed by atoms with Gasteiger partial charge in [0.15, 0.2) is 5.60 Å². The molecule has 5 nitrogen and oxygen atoms in total. The highest BCUT2D eigenvalue weighted by Crippen LogP contribution is 2.46. The van der Waals surface area contributed by atoms with Gasteiger partial charge in [-0.1, -0.05) is 46.9 Å². The number of amides is 1. The maximum Gasteiger partial charge on any atom is 0.264 e. The van der Waals surface area contributed by atoms with Crippen LogP contribution >= 0.6 is 34.8 Å². The van der Waals surface area contributed by atoms with Crippen molar-refractivity contribution in [3.63, 3.8) is 0 Å². The number of fused-ring (bicyclic) bond motifs is 1. The van der Waals surface area contributed by atoms with Crippen LogP contribution in [0.4, 0.5) is 5.69 Å². The standard InChI is InChI=1S/C20H18Cl3NO4/c1-12(25)11-20(27)14-4-2-5-15(22)18(14)24(19(20)26)8-3-9-28-17-7-6-13(21)10-16(17)23/h2,4-7,10,27H,3,8-9,11H2,1H3. The molecule has 1 aliphatic rings. The van der Waals surface area contributed by atoms with Crippen molar-refractivity contribution in [2.45, 2.75) is 25.4 Å². The number of ketones is 1. The van der Waals surface area contributed by atoms with Gasteiger partial charge in [0.25, 0.3) is 5.91 Å². The lowest BCUT2D eigenvalue weighted by atomic mass is 9.90. The van der Waals surface area contributed by atoms with E-state index in [2.05, 4.69) is 0 Å². The van der Waals surface area contributed by atoms with Gasteiger partial charge in [0, 0.05) is 23.6 Å². The van der Waals surface area contributed by atoms with E-state index in [0.717, 1.165) is 0 Å². The van der Waals surface area contributed by atoms with Gasteiger partial charge in [0.05, 0.1) is 22.3 Å². The molecular formula is C20H18Cl3NO4. The summed E-state index contributed by atoms with van der Waals surface area (Å²) in [5, 5.41) is 12.2. The number of hydrogen-bond donors (Lipinski definition) is 1. The molecule has 1 atom stereocenters. The highest BCUT2D eigenvalue weighted by Gasteiger charge is 2.50. The average molecular weight is 443 g/mol. The van der Waals surface area contributed by atoms with Crippen molar-refractivity contribution in [3.05, 3.63) is 57.0 Å². The van der Waals surface area contributed by atoms with Gasteiger partial charge >= 0.3 is 0 Å². The van der Waals surface area contributed by atoms with E-state index in [1.54, 1.807) is 36.4 Å². The van der Waals surface area contributed by atoms with E-state index < -0.39 is 11.5 Å². The summed E-state index contributed by atoms with van der Waals surface area (Å²) >= 11 is 18.2. The Morgan fingerprint density at radius 1 is 1.18 bits per heavy atom. The first kappa shape index (κ1) is 20.9. The first-order chi connectivity index (χ1) is 13.2. The number of aliphatic hydroxyl groups is 1. The van der Waals surface area contributed by atoms with E-state index in [4.69, 9.17) is 39.5 Å². The van der Waals surface area contributed by atoms with Gasteiger partial charge < -0.3 is 14.7 Å². The van der Waals surface area contributed by atoms with E-state index in [1.807, 2.05) is 0 Å². The summed E-state index contributed by atoms with van der Waals surface area (Å²) in [6, 6.07) is 9.83. The number of Topliss-reactive ketones (excluding diaryl/α,β-unsaturated/α-hetero) is 1. The Bertz CT molecular complexity index is 934. The maximum atomic E-state index is 12.9. The van der Waals surface area contributed by atoms with Crippen LogP contribution in [0.3, 0.4) is 0 Å². The molecular weight excluding hydrogens is 425 g/mol. The summed E-state index contributed by atoms with van der Waals surface area (Å²) in [5.41, 5.74) is -1.11. The molecule has 0 spiro atoms. The quantitative estimate of drug-likeness (QED) is 0.635. The van der Waals surface area contributed by atoms with Gasteiger partial charge in [-0.15, -0.1) is 0 Å². The third kappa shape index (κ3) is 3.98. The van der Waals surface area contributed by atoms with Crippen molar-refractivity contribution in [2.24, 2.45) is 0 Å². The zero-order chi connectivity index (χ0) is 20.5. The monoisotopic (exact) mass is 441 g/mol. The van der Waals surface area contributed by atoms with E-state index in [1.165, 1.54) is 11.8 Å². The van der Waals surface area contributed by atoms with Crippen LogP contribution in [0.2, 0.25) is 15.1 Å². The van der Waals surface area contributed by atoms with Crippen molar-refractivity contribution < 1.29 is 19.4 Å². The zero-order valence-electron chi connectivity index (χ0n) is 15.0. The smallest absolute Gasteiger partial charge is 0.264 e. The van der Waals surface area contributed by atoms with Crippen LogP contribution in [0.1, 0.15) is 25.3 Å². The lowest BCUT2D eigenvalue weighted by molar-refractivity contribution is -0.141. The topological polar surface area (TPSA) is 66.8 Å². The minimum absolute atomic E-state index is 0.265. The van der Waals surface area contributed by atoms with Crippen LogP contribution in [-0.4, -0.2) is 29.9 Å². The summed E-state index contributed by atoms with van der Waals surface area (Å²) in [5.74, 6) is -0.356. The number of carbonyl (C=O) groups is 2. The van der Waals surface area contributed by atoms with Gasteiger partial charge in [0.1, 0.15) is 11.5 Å². The molecule has 1 heterocycles. The summed E-state index contributed by atoms with van der Waals surface area (Å²) in [6.07, 6.45) is 0.165. The average Bonchev–Trinajstić information content (AvgIpc) is 2.82. The highest BCUT2D eigenvalue weighted by molar-refractivity contribution is 6.35. The molecule has 1 N–H and O–H groups in total. The van der Waals surface area contributed by atoms with Crippen LogP contribution in [0.5, 0.6) is 5.75 Å². The minimum Gasteiger partial charge on any atom is -0.492 e. The Hall–Kier alpha value is -1.79. The fourth-order valence-corrected chi connectivity index (χ4v) is 4.04. The summed E-state index contributed by atoms with van der Waals surface area (Å²) < 4.78 is 5.64. The molecule has 0 bridgehead atoms. The van der Waals surface area contributed by atoms with Crippen molar-refractivity contribution >= 4 is 52.2 Å². The second-order valence-corrected chi connectivity index (χ2v) is 7.86. The number of rotatable bonds is 7. The zero-order valence-corrected chi connectivity index (χ0v) is 17.3. The predicted molar refractivity (Wildman–Crippen MR) is 110 cm³/mol. The number of nitrogens with zero attached hydrogens (tertiary/aromatic N) is 1. The van der Waals surface area contributed by atoms with Crippen LogP contribution in [0, 0.1) is 0 Å². The molecule has 2 aromatic rings. The van der Waals surface area contributed by atoms with Crippen molar-refractivity contribution in [1.82, 2.24) is 0 Å². The number of ether oxygens (including phenoxy) is 1. The van der Waals surface area contributed by atoms with Crippen LogP contribution in [0.25, 0.3) is 0 Å². The molecule has 28 heavy (non-hydrogen) atoms. The van der Waals surface area contributed by atoms with Gasteiger partial charge in [-0.2, -0.15) is 0 Å². The van der Waals surface area contributed by atoms with Crippen LogP contribution in [0.15, 0.2) is 36.4 Å². The minimum atomic E-state index is -1.90. The van der Waals surface area contributed by atoms with Gasteiger partial charge in [-0.25, -0.2) is 0 Å².